The van der Waals surface area contributed by atoms with Gasteiger partial charge in [0.25, 0.3) is 5.56 Å². The molecule has 2 nitrogen and oxygen atoms in total. The Bertz CT molecular complexity index is 545. The van der Waals surface area contributed by atoms with E-state index in [0.717, 1.165) is 16.7 Å². The van der Waals surface area contributed by atoms with Crippen molar-refractivity contribution in [1.82, 2.24) is 4.98 Å². The minimum Gasteiger partial charge on any atom is -0.329 e. The molecule has 0 amide bonds. The Hall–Kier alpha value is -2.09. The fourth-order valence-electron chi connectivity index (χ4n) is 1.71. The van der Waals surface area contributed by atoms with Crippen LogP contribution in [0.3, 0.4) is 0 Å². The molecule has 1 N–H and O–H groups in total. The van der Waals surface area contributed by atoms with Crippen molar-refractivity contribution in [3.05, 3.63) is 76.8 Å². The van der Waals surface area contributed by atoms with Gasteiger partial charge in [0.15, 0.2) is 0 Å². The fourth-order valence-corrected chi connectivity index (χ4v) is 1.71. The predicted octanol–water partition coefficient (Wildman–Crippen LogP) is 5.44. The van der Waals surface area contributed by atoms with Gasteiger partial charge in [0.1, 0.15) is 0 Å². The molecule has 0 atom stereocenters. The number of aryl methyl sites for hydroxylation is 1. The average Bonchev–Trinajstić information content (AvgIpc) is 2.50. The Balaban J connectivity index is 0. The molecule has 0 fully saturated rings. The Labute approximate surface area is 129 Å². The molecular formula is C19H29NO. The Morgan fingerprint density at radius 1 is 1.10 bits per heavy atom. The van der Waals surface area contributed by atoms with E-state index in [0.29, 0.717) is 5.56 Å². The van der Waals surface area contributed by atoms with E-state index < -0.39 is 0 Å². The largest absolute Gasteiger partial charge is 0.329 e. The van der Waals surface area contributed by atoms with Gasteiger partial charge in [0.2, 0.25) is 0 Å². The lowest BCUT2D eigenvalue weighted by Gasteiger charge is -2.09. The van der Waals surface area contributed by atoms with Gasteiger partial charge in [-0.25, -0.2) is 0 Å². The smallest absolute Gasteiger partial charge is 0.256 e. The van der Waals surface area contributed by atoms with Gasteiger partial charge in [-0.3, -0.25) is 4.79 Å². The molecule has 0 saturated heterocycles. The second-order valence-corrected chi connectivity index (χ2v) is 3.77. The highest BCUT2D eigenvalue weighted by atomic mass is 16.1. The number of aromatic nitrogens is 1. The molecule has 0 saturated carbocycles. The standard InChI is InChI=1S/C15H17NO.2C2H6/c1-5-7-11(3)13(8-6-2)14-12(4)9-10-16-15(14)17;2*1-2/h5-10H,1-2H2,3-4H3,(H,16,17);2*1-2H3/b11-7-,13-8+;;. The van der Waals surface area contributed by atoms with Crippen molar-refractivity contribution in [3.63, 3.8) is 0 Å². The summed E-state index contributed by atoms with van der Waals surface area (Å²) in [6.07, 6.45) is 8.76. The lowest BCUT2D eigenvalue weighted by molar-refractivity contribution is 1.18. The minimum absolute atomic E-state index is 0.0880. The van der Waals surface area contributed by atoms with Crippen LogP contribution in [-0.4, -0.2) is 4.98 Å². The van der Waals surface area contributed by atoms with E-state index in [4.69, 9.17) is 0 Å². The van der Waals surface area contributed by atoms with Gasteiger partial charge in [0.05, 0.1) is 5.56 Å². The van der Waals surface area contributed by atoms with E-state index in [1.54, 1.807) is 18.3 Å². The molecule has 2 heteroatoms. The van der Waals surface area contributed by atoms with Crippen LogP contribution >= 0.6 is 0 Å². The first-order valence-electron chi connectivity index (χ1n) is 7.43. The SMILES string of the molecule is C=C/C=C(C)\C(=C/C=C)c1c(C)cc[nH]c1=O.CC.CC. The first kappa shape index (κ1) is 21.2. The third kappa shape index (κ3) is 6.75. The molecule has 0 aliphatic heterocycles. The van der Waals surface area contributed by atoms with Crippen LogP contribution in [0.2, 0.25) is 0 Å². The molecule has 0 spiro atoms. The summed E-state index contributed by atoms with van der Waals surface area (Å²) in [6.45, 7) is 19.2. The zero-order valence-electron chi connectivity index (χ0n) is 14.3. The number of H-pyrrole nitrogens is 1. The molecule has 1 aromatic heterocycles. The molecule has 21 heavy (non-hydrogen) atoms. The summed E-state index contributed by atoms with van der Waals surface area (Å²) in [7, 11) is 0. The lowest BCUT2D eigenvalue weighted by atomic mass is 9.96. The Morgan fingerprint density at radius 3 is 2.05 bits per heavy atom. The van der Waals surface area contributed by atoms with Crippen LogP contribution in [0.5, 0.6) is 0 Å². The fraction of sp³-hybridized carbons (Fsp3) is 0.316. The molecule has 0 bridgehead atoms. The molecule has 0 aromatic carbocycles. The maximum absolute atomic E-state index is 11.9. The van der Waals surface area contributed by atoms with E-state index in [2.05, 4.69) is 18.1 Å². The quantitative estimate of drug-likeness (QED) is 0.735. The summed E-state index contributed by atoms with van der Waals surface area (Å²) < 4.78 is 0. The van der Waals surface area contributed by atoms with Crippen molar-refractivity contribution < 1.29 is 0 Å². The number of nitrogens with one attached hydrogen (secondary N) is 1. The first-order valence-corrected chi connectivity index (χ1v) is 7.43. The maximum atomic E-state index is 11.9. The zero-order valence-corrected chi connectivity index (χ0v) is 14.3. The molecular weight excluding hydrogens is 258 g/mol. The normalized spacial score (nSPS) is 10.6. The van der Waals surface area contributed by atoms with Gasteiger partial charge in [-0.15, -0.1) is 0 Å². The molecule has 0 unspecified atom stereocenters. The van der Waals surface area contributed by atoms with Crippen LogP contribution in [0.15, 0.2) is 60.1 Å². The van der Waals surface area contributed by atoms with Crippen LogP contribution in [0.4, 0.5) is 0 Å². The van der Waals surface area contributed by atoms with Crippen LogP contribution < -0.4 is 5.56 Å². The second kappa shape index (κ2) is 12.9. The van der Waals surface area contributed by atoms with Gasteiger partial charge in [-0.05, 0) is 36.6 Å². The molecule has 116 valence electrons. The van der Waals surface area contributed by atoms with Crippen molar-refractivity contribution in [3.8, 4) is 0 Å². The van der Waals surface area contributed by atoms with Crippen LogP contribution in [-0.2, 0) is 0 Å². The average molecular weight is 287 g/mol. The van der Waals surface area contributed by atoms with Crippen LogP contribution in [0, 0.1) is 6.92 Å². The summed E-state index contributed by atoms with van der Waals surface area (Å²) in [5, 5.41) is 0. The summed E-state index contributed by atoms with van der Waals surface area (Å²) in [4.78, 5) is 14.6. The Kier molecular flexibility index (Phi) is 13.1. The highest BCUT2D eigenvalue weighted by Gasteiger charge is 2.10. The zero-order chi connectivity index (χ0) is 16.8. The summed E-state index contributed by atoms with van der Waals surface area (Å²) in [6, 6.07) is 1.88. The van der Waals surface area contributed by atoms with E-state index in [-0.39, 0.29) is 5.56 Å². The van der Waals surface area contributed by atoms with Gasteiger partial charge in [-0.1, -0.05) is 65.2 Å². The summed E-state index contributed by atoms with van der Waals surface area (Å²) in [5.41, 5.74) is 3.40. The monoisotopic (exact) mass is 287 g/mol. The highest BCUT2D eigenvalue weighted by Crippen LogP contribution is 2.22. The maximum Gasteiger partial charge on any atom is 0.256 e. The van der Waals surface area contributed by atoms with Crippen molar-refractivity contribution in [2.45, 2.75) is 41.5 Å². The number of hydrogen-bond donors (Lipinski definition) is 1. The lowest BCUT2D eigenvalue weighted by Crippen LogP contribution is -2.13. The van der Waals surface area contributed by atoms with E-state index in [1.807, 2.05) is 59.8 Å². The van der Waals surface area contributed by atoms with Gasteiger partial charge in [0, 0.05) is 6.20 Å². The van der Waals surface area contributed by atoms with Gasteiger partial charge >= 0.3 is 0 Å². The number of rotatable bonds is 4. The first-order chi connectivity index (χ1) is 10.1. The summed E-state index contributed by atoms with van der Waals surface area (Å²) in [5.74, 6) is 0. The summed E-state index contributed by atoms with van der Waals surface area (Å²) >= 11 is 0. The number of allylic oxidation sites excluding steroid dienone is 6. The third-order valence-corrected chi connectivity index (χ3v) is 2.52. The molecule has 0 radical (unpaired) electrons. The van der Waals surface area contributed by atoms with Crippen molar-refractivity contribution in [1.29, 1.82) is 0 Å². The van der Waals surface area contributed by atoms with Crippen LogP contribution in [0.1, 0.15) is 45.7 Å². The minimum atomic E-state index is -0.0880. The topological polar surface area (TPSA) is 32.9 Å². The van der Waals surface area contributed by atoms with E-state index in [9.17, 15) is 4.79 Å². The van der Waals surface area contributed by atoms with Crippen molar-refractivity contribution >= 4 is 5.57 Å². The number of hydrogen-bond acceptors (Lipinski definition) is 1. The predicted molar refractivity (Wildman–Crippen MR) is 96.6 cm³/mol. The molecule has 0 aliphatic rings. The third-order valence-electron chi connectivity index (χ3n) is 2.52. The number of pyridine rings is 1. The van der Waals surface area contributed by atoms with Gasteiger partial charge < -0.3 is 4.98 Å². The molecule has 1 rings (SSSR count). The molecule has 1 heterocycles. The Morgan fingerprint density at radius 2 is 1.62 bits per heavy atom. The van der Waals surface area contributed by atoms with Crippen LogP contribution in [0.25, 0.3) is 5.57 Å². The van der Waals surface area contributed by atoms with Crippen molar-refractivity contribution in [2.24, 2.45) is 0 Å². The van der Waals surface area contributed by atoms with Gasteiger partial charge in [-0.2, -0.15) is 0 Å². The molecule has 1 aromatic rings. The van der Waals surface area contributed by atoms with E-state index in [1.165, 1.54) is 0 Å². The van der Waals surface area contributed by atoms with E-state index >= 15 is 0 Å². The second-order valence-electron chi connectivity index (χ2n) is 3.77. The number of aromatic amines is 1. The molecule has 0 aliphatic carbocycles. The van der Waals surface area contributed by atoms with Crippen molar-refractivity contribution in [2.75, 3.05) is 0 Å². The highest BCUT2D eigenvalue weighted by molar-refractivity contribution is 5.80.